The number of allylic oxidation sites excluding steroid dienone is 2. The van der Waals surface area contributed by atoms with Gasteiger partial charge in [0.05, 0.1) is 0 Å². The molecule has 0 aromatic heterocycles. The van der Waals surface area contributed by atoms with E-state index in [1.54, 1.807) is 0 Å². The van der Waals surface area contributed by atoms with E-state index in [0.717, 1.165) is 19.3 Å². The van der Waals surface area contributed by atoms with Crippen molar-refractivity contribution in [3.8, 4) is 0 Å². The zero-order valence-electron chi connectivity index (χ0n) is 7.29. The van der Waals surface area contributed by atoms with Crippen LogP contribution >= 0.6 is 11.6 Å². The van der Waals surface area contributed by atoms with Crippen LogP contribution in [0.4, 0.5) is 0 Å². The Morgan fingerprint density at radius 2 is 2.25 bits per heavy atom. The third-order valence-electron chi connectivity index (χ3n) is 1.50. The molecule has 3 heteroatoms. The van der Waals surface area contributed by atoms with Gasteiger partial charge in [0.1, 0.15) is 5.38 Å². The summed E-state index contributed by atoms with van der Waals surface area (Å²) in [4.78, 5) is 10.3. The van der Waals surface area contributed by atoms with Gasteiger partial charge in [-0.15, -0.1) is 11.6 Å². The van der Waals surface area contributed by atoms with Crippen LogP contribution in [-0.4, -0.2) is 16.5 Å². The van der Waals surface area contributed by atoms with Crippen molar-refractivity contribution in [1.29, 1.82) is 0 Å². The highest BCUT2D eigenvalue weighted by atomic mass is 35.5. The highest BCUT2D eigenvalue weighted by Gasteiger charge is 2.11. The predicted molar refractivity (Wildman–Crippen MR) is 50.6 cm³/mol. The molecule has 0 saturated heterocycles. The lowest BCUT2D eigenvalue weighted by Gasteiger charge is -2.00. The van der Waals surface area contributed by atoms with Crippen LogP contribution in [0.3, 0.4) is 0 Å². The number of unbranched alkanes of at least 4 members (excludes halogenated alkanes) is 1. The van der Waals surface area contributed by atoms with Crippen molar-refractivity contribution in [1.82, 2.24) is 0 Å². The van der Waals surface area contributed by atoms with E-state index >= 15 is 0 Å². The van der Waals surface area contributed by atoms with Crippen LogP contribution in [-0.2, 0) is 4.79 Å². The van der Waals surface area contributed by atoms with E-state index in [1.807, 2.05) is 0 Å². The van der Waals surface area contributed by atoms with Crippen molar-refractivity contribution >= 4 is 17.6 Å². The Labute approximate surface area is 78.2 Å². The molecule has 0 aliphatic heterocycles. The van der Waals surface area contributed by atoms with Crippen LogP contribution in [0.2, 0.25) is 0 Å². The zero-order chi connectivity index (χ0) is 9.40. The number of alkyl halides is 1. The fraction of sp³-hybridized carbons (Fsp3) is 0.667. The van der Waals surface area contributed by atoms with Gasteiger partial charge >= 0.3 is 5.97 Å². The first-order valence-corrected chi connectivity index (χ1v) is 4.64. The maximum atomic E-state index is 10.3. The van der Waals surface area contributed by atoms with Gasteiger partial charge < -0.3 is 5.11 Å². The number of rotatable bonds is 6. The lowest BCUT2D eigenvalue weighted by molar-refractivity contribution is -0.136. The molecular formula is C9H15ClO2. The number of halogens is 1. The van der Waals surface area contributed by atoms with E-state index in [0.29, 0.717) is 6.42 Å². The van der Waals surface area contributed by atoms with E-state index < -0.39 is 11.3 Å². The molecule has 0 aliphatic carbocycles. The average Bonchev–Trinajstić information content (AvgIpc) is 2.03. The molecule has 0 spiro atoms. The van der Waals surface area contributed by atoms with Crippen molar-refractivity contribution in [2.75, 3.05) is 0 Å². The summed E-state index contributed by atoms with van der Waals surface area (Å²) in [6.07, 6.45) is 7.48. The minimum absolute atomic E-state index is 0.547. The fourth-order valence-corrected chi connectivity index (χ4v) is 0.977. The Hall–Kier alpha value is -0.500. The summed E-state index contributed by atoms with van der Waals surface area (Å²) in [5.74, 6) is -0.920. The minimum Gasteiger partial charge on any atom is -0.480 e. The first kappa shape index (κ1) is 11.5. The molecule has 0 saturated carbocycles. The number of carboxylic acids is 1. The minimum atomic E-state index is -0.920. The van der Waals surface area contributed by atoms with E-state index in [1.165, 1.54) is 0 Å². The standard InChI is InChI=1S/C9H15ClO2/c1-2-3-4-5-6-7-8(10)9(11)12/h3-4,8H,2,5-7H2,1H3,(H,11,12)/b4-3-. The summed E-state index contributed by atoms with van der Waals surface area (Å²) < 4.78 is 0. The highest BCUT2D eigenvalue weighted by Crippen LogP contribution is 2.08. The molecule has 1 N–H and O–H groups in total. The van der Waals surface area contributed by atoms with Gasteiger partial charge in [-0.2, -0.15) is 0 Å². The van der Waals surface area contributed by atoms with E-state index in [-0.39, 0.29) is 0 Å². The van der Waals surface area contributed by atoms with Crippen molar-refractivity contribution in [3.05, 3.63) is 12.2 Å². The lowest BCUT2D eigenvalue weighted by atomic mass is 10.2. The van der Waals surface area contributed by atoms with Crippen LogP contribution in [0.1, 0.15) is 32.6 Å². The summed E-state index contributed by atoms with van der Waals surface area (Å²) >= 11 is 5.50. The molecule has 2 nitrogen and oxygen atoms in total. The Kier molecular flexibility index (Phi) is 6.87. The highest BCUT2D eigenvalue weighted by molar-refractivity contribution is 6.29. The Balaban J connectivity index is 3.31. The normalized spacial score (nSPS) is 13.5. The van der Waals surface area contributed by atoms with E-state index in [9.17, 15) is 4.79 Å². The number of carboxylic acid groups (broad SMARTS) is 1. The monoisotopic (exact) mass is 190 g/mol. The largest absolute Gasteiger partial charge is 0.480 e. The molecule has 0 bridgehead atoms. The molecule has 70 valence electrons. The van der Waals surface area contributed by atoms with E-state index in [4.69, 9.17) is 16.7 Å². The Morgan fingerprint density at radius 3 is 2.75 bits per heavy atom. The van der Waals surface area contributed by atoms with Gasteiger partial charge in [-0.25, -0.2) is 0 Å². The molecule has 0 aliphatic rings. The molecule has 12 heavy (non-hydrogen) atoms. The molecule has 0 aromatic carbocycles. The van der Waals surface area contributed by atoms with Gasteiger partial charge in [0.15, 0.2) is 0 Å². The smallest absolute Gasteiger partial charge is 0.321 e. The molecule has 0 aromatic rings. The summed E-state index contributed by atoms with van der Waals surface area (Å²) in [6.45, 7) is 2.07. The molecule has 1 unspecified atom stereocenters. The second-order valence-corrected chi connectivity index (χ2v) is 3.14. The van der Waals surface area contributed by atoms with Gasteiger partial charge in [-0.1, -0.05) is 19.1 Å². The third kappa shape index (κ3) is 6.23. The molecule has 0 heterocycles. The van der Waals surface area contributed by atoms with Crippen LogP contribution < -0.4 is 0 Å². The molecule has 1 atom stereocenters. The predicted octanol–water partition coefficient (Wildman–Crippen LogP) is 2.81. The Bertz CT molecular complexity index is 155. The lowest BCUT2D eigenvalue weighted by Crippen LogP contribution is -2.12. The Morgan fingerprint density at radius 1 is 1.58 bits per heavy atom. The quantitative estimate of drug-likeness (QED) is 0.397. The molecule has 0 fully saturated rings. The SMILES string of the molecule is CC/C=C\CCCC(Cl)C(=O)O. The topological polar surface area (TPSA) is 37.3 Å². The number of hydrogen-bond donors (Lipinski definition) is 1. The van der Waals surface area contributed by atoms with Crippen molar-refractivity contribution in [2.45, 2.75) is 38.0 Å². The van der Waals surface area contributed by atoms with Crippen molar-refractivity contribution in [3.63, 3.8) is 0 Å². The van der Waals surface area contributed by atoms with Crippen molar-refractivity contribution in [2.24, 2.45) is 0 Å². The average molecular weight is 191 g/mol. The van der Waals surface area contributed by atoms with Crippen LogP contribution in [0.25, 0.3) is 0 Å². The summed E-state index contributed by atoms with van der Waals surface area (Å²) in [7, 11) is 0. The van der Waals surface area contributed by atoms with Gasteiger partial charge in [0.2, 0.25) is 0 Å². The number of aliphatic carboxylic acids is 1. The number of hydrogen-bond acceptors (Lipinski definition) is 1. The van der Waals surface area contributed by atoms with Gasteiger partial charge in [0.25, 0.3) is 0 Å². The van der Waals surface area contributed by atoms with Crippen LogP contribution in [0, 0.1) is 0 Å². The van der Waals surface area contributed by atoms with Gasteiger partial charge in [-0.3, -0.25) is 4.79 Å². The molecule has 0 amide bonds. The summed E-state index contributed by atoms with van der Waals surface area (Å²) in [6, 6.07) is 0. The molecule has 0 rings (SSSR count). The maximum absolute atomic E-state index is 10.3. The van der Waals surface area contributed by atoms with Crippen LogP contribution in [0.5, 0.6) is 0 Å². The third-order valence-corrected chi connectivity index (χ3v) is 1.90. The second-order valence-electron chi connectivity index (χ2n) is 2.62. The maximum Gasteiger partial charge on any atom is 0.321 e. The molecular weight excluding hydrogens is 176 g/mol. The van der Waals surface area contributed by atoms with Crippen molar-refractivity contribution < 1.29 is 9.90 Å². The number of carbonyl (C=O) groups is 1. The van der Waals surface area contributed by atoms with Gasteiger partial charge in [-0.05, 0) is 25.7 Å². The van der Waals surface area contributed by atoms with Crippen LogP contribution in [0.15, 0.2) is 12.2 Å². The fourth-order valence-electron chi connectivity index (χ4n) is 0.823. The first-order valence-electron chi connectivity index (χ1n) is 4.20. The van der Waals surface area contributed by atoms with Gasteiger partial charge in [0, 0.05) is 0 Å². The van der Waals surface area contributed by atoms with E-state index in [2.05, 4.69) is 19.1 Å². The molecule has 0 radical (unpaired) electrons. The first-order chi connectivity index (χ1) is 5.68. The zero-order valence-corrected chi connectivity index (χ0v) is 8.05. The second kappa shape index (κ2) is 7.17. The summed E-state index contributed by atoms with van der Waals surface area (Å²) in [5, 5.41) is 7.71. The summed E-state index contributed by atoms with van der Waals surface area (Å²) in [5.41, 5.74) is 0.